The molecule has 1 amide bonds. The minimum atomic E-state index is -0.275. The highest BCUT2D eigenvalue weighted by atomic mass is 16.5. The second-order valence-electron chi connectivity index (χ2n) is 3.82. The van der Waals surface area contributed by atoms with Gasteiger partial charge in [-0.05, 0) is 24.2 Å². The molecule has 0 radical (unpaired) electrons. The van der Waals surface area contributed by atoms with Crippen molar-refractivity contribution in [3.05, 3.63) is 47.9 Å². The maximum atomic E-state index is 11.7. The number of carbonyl (C=O) groups is 1. The standard InChI is InChI=1S/C13H15N3O2/c1-2-14-9-10-3-5-11(6-4-10)15-13(17)12-7-8-18-16-12/h3-8,14H,2,9H2,1H3,(H,15,17). The third kappa shape index (κ3) is 3.18. The number of benzene rings is 1. The largest absolute Gasteiger partial charge is 0.364 e. The Morgan fingerprint density at radius 1 is 1.28 bits per heavy atom. The molecular formula is C13H15N3O2. The lowest BCUT2D eigenvalue weighted by Gasteiger charge is -2.05. The van der Waals surface area contributed by atoms with Crippen LogP contribution in [-0.4, -0.2) is 17.6 Å². The summed E-state index contributed by atoms with van der Waals surface area (Å²) in [5, 5.41) is 9.56. The van der Waals surface area contributed by atoms with E-state index in [9.17, 15) is 4.79 Å². The van der Waals surface area contributed by atoms with E-state index in [2.05, 4.69) is 27.2 Å². The summed E-state index contributed by atoms with van der Waals surface area (Å²) >= 11 is 0. The normalized spacial score (nSPS) is 10.3. The highest BCUT2D eigenvalue weighted by Gasteiger charge is 2.08. The Labute approximate surface area is 105 Å². The molecule has 1 aromatic heterocycles. The molecule has 0 bridgehead atoms. The number of nitrogens with zero attached hydrogens (tertiary/aromatic N) is 1. The minimum absolute atomic E-state index is 0.270. The molecule has 2 N–H and O–H groups in total. The molecule has 5 nitrogen and oxygen atoms in total. The summed E-state index contributed by atoms with van der Waals surface area (Å²) in [4.78, 5) is 11.7. The van der Waals surface area contributed by atoms with E-state index in [4.69, 9.17) is 0 Å². The van der Waals surface area contributed by atoms with Gasteiger partial charge in [-0.1, -0.05) is 24.2 Å². The summed E-state index contributed by atoms with van der Waals surface area (Å²) in [7, 11) is 0. The quantitative estimate of drug-likeness (QED) is 0.845. The molecule has 0 unspecified atom stereocenters. The number of amides is 1. The molecule has 0 aliphatic carbocycles. The summed E-state index contributed by atoms with van der Waals surface area (Å²) in [6.07, 6.45) is 1.37. The lowest BCUT2D eigenvalue weighted by Crippen LogP contribution is -2.13. The second-order valence-corrected chi connectivity index (χ2v) is 3.82. The van der Waals surface area contributed by atoms with Gasteiger partial charge in [0, 0.05) is 18.3 Å². The Balaban J connectivity index is 1.96. The predicted octanol–water partition coefficient (Wildman–Crippen LogP) is 2.04. The number of aromatic nitrogens is 1. The fourth-order valence-electron chi connectivity index (χ4n) is 1.50. The van der Waals surface area contributed by atoms with Gasteiger partial charge in [-0.15, -0.1) is 0 Å². The van der Waals surface area contributed by atoms with Crippen molar-refractivity contribution in [1.82, 2.24) is 10.5 Å². The summed E-state index contributed by atoms with van der Waals surface area (Å²) in [5.74, 6) is -0.275. The van der Waals surface area contributed by atoms with Crippen LogP contribution in [0.5, 0.6) is 0 Å². The van der Waals surface area contributed by atoms with Crippen LogP contribution in [0.3, 0.4) is 0 Å². The highest BCUT2D eigenvalue weighted by molar-refractivity contribution is 6.02. The maximum absolute atomic E-state index is 11.7. The molecule has 1 heterocycles. The summed E-state index contributed by atoms with van der Waals surface area (Å²) in [6.45, 7) is 3.82. The first-order valence-corrected chi connectivity index (χ1v) is 5.81. The number of anilines is 1. The van der Waals surface area contributed by atoms with Crippen LogP contribution in [0.1, 0.15) is 23.0 Å². The fraction of sp³-hybridized carbons (Fsp3) is 0.231. The Morgan fingerprint density at radius 3 is 2.67 bits per heavy atom. The van der Waals surface area contributed by atoms with Crippen LogP contribution in [-0.2, 0) is 6.54 Å². The van der Waals surface area contributed by atoms with Crippen LogP contribution in [0.2, 0.25) is 0 Å². The van der Waals surface area contributed by atoms with Crippen molar-refractivity contribution < 1.29 is 9.32 Å². The summed E-state index contributed by atoms with van der Waals surface area (Å²) in [6, 6.07) is 9.20. The predicted molar refractivity (Wildman–Crippen MR) is 68.3 cm³/mol. The Hall–Kier alpha value is -2.14. The van der Waals surface area contributed by atoms with E-state index in [1.807, 2.05) is 24.3 Å². The summed E-state index contributed by atoms with van der Waals surface area (Å²) in [5.41, 5.74) is 2.19. The van der Waals surface area contributed by atoms with Gasteiger partial charge in [0.1, 0.15) is 6.26 Å². The van der Waals surface area contributed by atoms with Crippen molar-refractivity contribution in [2.45, 2.75) is 13.5 Å². The Kier molecular flexibility index (Phi) is 4.09. The molecule has 0 aliphatic rings. The molecule has 5 heteroatoms. The zero-order chi connectivity index (χ0) is 12.8. The first-order chi connectivity index (χ1) is 8.79. The van der Waals surface area contributed by atoms with Crippen LogP contribution in [0.15, 0.2) is 41.1 Å². The number of carbonyl (C=O) groups excluding carboxylic acids is 1. The smallest absolute Gasteiger partial charge is 0.277 e. The number of hydrogen-bond acceptors (Lipinski definition) is 4. The molecule has 0 saturated heterocycles. The third-order valence-electron chi connectivity index (χ3n) is 2.46. The van der Waals surface area contributed by atoms with Gasteiger partial charge in [0.2, 0.25) is 0 Å². The fourth-order valence-corrected chi connectivity index (χ4v) is 1.50. The Bertz CT molecular complexity index is 491. The van der Waals surface area contributed by atoms with E-state index in [1.165, 1.54) is 17.9 Å². The molecule has 0 saturated carbocycles. The lowest BCUT2D eigenvalue weighted by molar-refractivity contribution is 0.101. The van der Waals surface area contributed by atoms with Crippen molar-refractivity contribution in [2.75, 3.05) is 11.9 Å². The van der Waals surface area contributed by atoms with E-state index < -0.39 is 0 Å². The molecule has 0 fully saturated rings. The number of hydrogen-bond donors (Lipinski definition) is 2. The Morgan fingerprint density at radius 2 is 2.06 bits per heavy atom. The number of nitrogens with one attached hydrogen (secondary N) is 2. The first-order valence-electron chi connectivity index (χ1n) is 5.81. The zero-order valence-corrected chi connectivity index (χ0v) is 10.1. The van der Waals surface area contributed by atoms with Crippen LogP contribution >= 0.6 is 0 Å². The van der Waals surface area contributed by atoms with Crippen molar-refractivity contribution in [3.63, 3.8) is 0 Å². The van der Waals surface area contributed by atoms with Gasteiger partial charge in [0.25, 0.3) is 5.91 Å². The van der Waals surface area contributed by atoms with Crippen LogP contribution in [0.4, 0.5) is 5.69 Å². The molecule has 0 atom stereocenters. The summed E-state index contributed by atoms with van der Waals surface area (Å²) < 4.78 is 4.62. The number of rotatable bonds is 5. The molecule has 0 spiro atoms. The van der Waals surface area contributed by atoms with Crippen LogP contribution < -0.4 is 10.6 Å². The van der Waals surface area contributed by atoms with Crippen LogP contribution in [0.25, 0.3) is 0 Å². The van der Waals surface area contributed by atoms with Crippen molar-refractivity contribution >= 4 is 11.6 Å². The molecular weight excluding hydrogens is 230 g/mol. The van der Waals surface area contributed by atoms with Crippen molar-refractivity contribution in [2.24, 2.45) is 0 Å². The van der Waals surface area contributed by atoms with Crippen LogP contribution in [0, 0.1) is 0 Å². The van der Waals surface area contributed by atoms with Gasteiger partial charge in [-0.2, -0.15) is 0 Å². The topological polar surface area (TPSA) is 67.2 Å². The molecule has 0 aliphatic heterocycles. The van der Waals surface area contributed by atoms with Gasteiger partial charge < -0.3 is 15.2 Å². The third-order valence-corrected chi connectivity index (χ3v) is 2.46. The van der Waals surface area contributed by atoms with Gasteiger partial charge in [-0.3, -0.25) is 4.79 Å². The van der Waals surface area contributed by atoms with Crippen molar-refractivity contribution in [1.29, 1.82) is 0 Å². The van der Waals surface area contributed by atoms with Gasteiger partial charge in [0.05, 0.1) is 0 Å². The second kappa shape index (κ2) is 5.97. The highest BCUT2D eigenvalue weighted by Crippen LogP contribution is 2.10. The van der Waals surface area contributed by atoms with Gasteiger partial charge in [0.15, 0.2) is 5.69 Å². The average Bonchev–Trinajstić information content (AvgIpc) is 2.92. The average molecular weight is 245 g/mol. The SMILES string of the molecule is CCNCc1ccc(NC(=O)c2ccon2)cc1. The monoisotopic (exact) mass is 245 g/mol. The first kappa shape index (κ1) is 12.3. The van der Waals surface area contributed by atoms with E-state index in [-0.39, 0.29) is 11.6 Å². The van der Waals surface area contributed by atoms with E-state index in [1.54, 1.807) is 0 Å². The van der Waals surface area contributed by atoms with E-state index in [0.717, 1.165) is 18.8 Å². The maximum Gasteiger partial charge on any atom is 0.277 e. The molecule has 2 rings (SSSR count). The molecule has 18 heavy (non-hydrogen) atoms. The van der Waals surface area contributed by atoms with Crippen molar-refractivity contribution in [3.8, 4) is 0 Å². The minimum Gasteiger partial charge on any atom is -0.364 e. The van der Waals surface area contributed by atoms with E-state index in [0.29, 0.717) is 0 Å². The zero-order valence-electron chi connectivity index (χ0n) is 10.1. The van der Waals surface area contributed by atoms with E-state index >= 15 is 0 Å². The van der Waals surface area contributed by atoms with Gasteiger partial charge in [-0.25, -0.2) is 0 Å². The van der Waals surface area contributed by atoms with Gasteiger partial charge >= 0.3 is 0 Å². The molecule has 1 aromatic carbocycles. The molecule has 2 aromatic rings. The molecule has 94 valence electrons. The lowest BCUT2D eigenvalue weighted by atomic mass is 10.2.